The second kappa shape index (κ2) is 5.83. The summed E-state index contributed by atoms with van der Waals surface area (Å²) >= 11 is 0. The lowest BCUT2D eigenvalue weighted by molar-refractivity contribution is 0.0690. The number of ether oxygens (including phenoxy) is 1. The quantitative estimate of drug-likeness (QED) is 0.940. The topological polar surface area (TPSA) is 72.3 Å². The summed E-state index contributed by atoms with van der Waals surface area (Å²) in [5, 5.41) is 8.81. The molecule has 1 aromatic carbocycles. The van der Waals surface area contributed by atoms with Crippen LogP contribution in [0.2, 0.25) is 0 Å². The Balaban J connectivity index is 1.84. The van der Waals surface area contributed by atoms with Crippen LogP contribution in [0, 0.1) is 0 Å². The number of fused-ring (bicyclic) bond motifs is 1. The van der Waals surface area contributed by atoms with Gasteiger partial charge in [0.1, 0.15) is 5.75 Å². The molecule has 0 radical (unpaired) electrons. The van der Waals surface area contributed by atoms with E-state index in [1.54, 1.807) is 0 Å². The van der Waals surface area contributed by atoms with Gasteiger partial charge in [0.25, 0.3) is 0 Å². The minimum absolute atomic E-state index is 0.0603. The summed E-state index contributed by atoms with van der Waals surface area (Å²) in [6.07, 6.45) is 7.46. The van der Waals surface area contributed by atoms with Crippen LogP contribution in [0.4, 0.5) is 0 Å². The fourth-order valence-electron chi connectivity index (χ4n) is 2.57. The molecule has 2 heterocycles. The number of benzene rings is 1. The highest BCUT2D eigenvalue weighted by molar-refractivity contribution is 5.85. The maximum atomic E-state index is 10.8. The number of rotatable bonds is 3. The van der Waals surface area contributed by atoms with E-state index in [4.69, 9.17) is 9.84 Å². The summed E-state index contributed by atoms with van der Waals surface area (Å²) in [4.78, 5) is 18.7. The Kier molecular flexibility index (Phi) is 3.86. The van der Waals surface area contributed by atoms with Crippen LogP contribution in [-0.2, 0) is 5.41 Å². The zero-order valence-electron chi connectivity index (χ0n) is 13.1. The van der Waals surface area contributed by atoms with Gasteiger partial charge in [-0.3, -0.25) is 4.98 Å². The van der Waals surface area contributed by atoms with Gasteiger partial charge in [0, 0.05) is 5.56 Å². The molecule has 23 heavy (non-hydrogen) atoms. The molecule has 0 bridgehead atoms. The van der Waals surface area contributed by atoms with Gasteiger partial charge in [0.2, 0.25) is 0 Å². The average molecular weight is 310 g/mol. The molecule has 0 atom stereocenters. The highest BCUT2D eigenvalue weighted by Gasteiger charge is 2.28. The SMILES string of the molecule is CC1(C)CCOc2ccc(C=Cc3cnc(C(=O)O)cn3)cc21. The third-order valence-corrected chi connectivity index (χ3v) is 4.05. The van der Waals surface area contributed by atoms with E-state index in [1.165, 1.54) is 18.0 Å². The van der Waals surface area contributed by atoms with E-state index in [2.05, 4.69) is 29.9 Å². The third kappa shape index (κ3) is 3.23. The summed E-state index contributed by atoms with van der Waals surface area (Å²) in [5.41, 5.74) is 2.91. The molecule has 2 aromatic rings. The van der Waals surface area contributed by atoms with E-state index in [0.717, 1.165) is 24.3 Å². The standard InChI is InChI=1S/C18H18N2O3/c1-18(2)7-8-23-16-6-4-12(9-14(16)18)3-5-13-10-20-15(11-19-13)17(21)22/h3-6,9-11H,7-8H2,1-2H3,(H,21,22). The first-order valence-electron chi connectivity index (χ1n) is 7.46. The van der Waals surface area contributed by atoms with Gasteiger partial charge in [-0.15, -0.1) is 0 Å². The van der Waals surface area contributed by atoms with Crippen molar-refractivity contribution in [2.75, 3.05) is 6.61 Å². The number of aromatic carboxylic acids is 1. The molecule has 0 saturated heterocycles. The van der Waals surface area contributed by atoms with E-state index in [1.807, 2.05) is 24.3 Å². The number of nitrogens with zero attached hydrogens (tertiary/aromatic N) is 2. The zero-order valence-corrected chi connectivity index (χ0v) is 13.1. The summed E-state index contributed by atoms with van der Waals surface area (Å²) in [7, 11) is 0. The van der Waals surface area contributed by atoms with E-state index >= 15 is 0 Å². The van der Waals surface area contributed by atoms with Crippen LogP contribution in [0.3, 0.4) is 0 Å². The fraction of sp³-hybridized carbons (Fsp3) is 0.278. The van der Waals surface area contributed by atoms with Crippen LogP contribution in [0.15, 0.2) is 30.6 Å². The Bertz CT molecular complexity index is 764. The van der Waals surface area contributed by atoms with Crippen molar-refractivity contribution in [2.24, 2.45) is 0 Å². The first-order valence-corrected chi connectivity index (χ1v) is 7.46. The molecule has 0 aliphatic carbocycles. The number of hydrogen-bond acceptors (Lipinski definition) is 4. The van der Waals surface area contributed by atoms with Gasteiger partial charge < -0.3 is 9.84 Å². The van der Waals surface area contributed by atoms with Crippen molar-refractivity contribution in [2.45, 2.75) is 25.7 Å². The lowest BCUT2D eigenvalue weighted by Crippen LogP contribution is -2.26. The van der Waals surface area contributed by atoms with Crippen molar-refractivity contribution in [3.05, 3.63) is 53.1 Å². The van der Waals surface area contributed by atoms with Crippen LogP contribution in [0.1, 0.15) is 47.6 Å². The molecule has 1 N–H and O–H groups in total. The minimum atomic E-state index is -1.08. The van der Waals surface area contributed by atoms with Gasteiger partial charge in [-0.1, -0.05) is 26.0 Å². The lowest BCUT2D eigenvalue weighted by atomic mass is 9.79. The van der Waals surface area contributed by atoms with E-state index in [0.29, 0.717) is 5.69 Å². The summed E-state index contributed by atoms with van der Waals surface area (Å²) < 4.78 is 5.71. The number of carboxylic acids is 1. The Morgan fingerprint density at radius 3 is 2.78 bits per heavy atom. The van der Waals surface area contributed by atoms with E-state index in [-0.39, 0.29) is 11.1 Å². The molecule has 5 nitrogen and oxygen atoms in total. The van der Waals surface area contributed by atoms with Gasteiger partial charge in [-0.2, -0.15) is 0 Å². The number of hydrogen-bond donors (Lipinski definition) is 1. The molecule has 1 aromatic heterocycles. The Morgan fingerprint density at radius 1 is 1.26 bits per heavy atom. The fourth-order valence-corrected chi connectivity index (χ4v) is 2.57. The Labute approximate surface area is 134 Å². The predicted molar refractivity (Wildman–Crippen MR) is 87.5 cm³/mol. The lowest BCUT2D eigenvalue weighted by Gasteiger charge is -2.32. The van der Waals surface area contributed by atoms with Gasteiger partial charge >= 0.3 is 5.97 Å². The van der Waals surface area contributed by atoms with E-state index < -0.39 is 5.97 Å². The van der Waals surface area contributed by atoms with Crippen LogP contribution in [0.25, 0.3) is 12.2 Å². The highest BCUT2D eigenvalue weighted by Crippen LogP contribution is 2.38. The largest absolute Gasteiger partial charge is 0.493 e. The van der Waals surface area contributed by atoms with Crippen LogP contribution < -0.4 is 4.74 Å². The van der Waals surface area contributed by atoms with Gasteiger partial charge in [-0.25, -0.2) is 9.78 Å². The molecule has 118 valence electrons. The molecule has 0 unspecified atom stereocenters. The summed E-state index contributed by atoms with van der Waals surface area (Å²) in [6.45, 7) is 5.19. The second-order valence-corrected chi connectivity index (χ2v) is 6.20. The van der Waals surface area contributed by atoms with Gasteiger partial charge in [0.15, 0.2) is 5.69 Å². The molecule has 3 rings (SSSR count). The Hall–Kier alpha value is -2.69. The molecule has 5 heteroatoms. The molecule has 1 aliphatic rings. The molecule has 0 spiro atoms. The number of carboxylic acid groups (broad SMARTS) is 1. The van der Waals surface area contributed by atoms with Gasteiger partial charge in [0.05, 0.1) is 24.7 Å². The second-order valence-electron chi connectivity index (χ2n) is 6.20. The van der Waals surface area contributed by atoms with Crippen LogP contribution in [0.5, 0.6) is 5.75 Å². The number of aromatic nitrogens is 2. The molecule has 0 fully saturated rings. The highest BCUT2D eigenvalue weighted by atomic mass is 16.5. The van der Waals surface area contributed by atoms with Gasteiger partial charge in [-0.05, 0) is 35.6 Å². The number of carbonyl (C=O) groups is 1. The molecule has 0 amide bonds. The van der Waals surface area contributed by atoms with Crippen molar-refractivity contribution in [1.29, 1.82) is 0 Å². The Morgan fingerprint density at radius 2 is 2.09 bits per heavy atom. The first-order chi connectivity index (χ1) is 11.0. The normalized spacial score (nSPS) is 15.9. The van der Waals surface area contributed by atoms with Crippen LogP contribution in [-0.4, -0.2) is 27.7 Å². The average Bonchev–Trinajstić information content (AvgIpc) is 2.53. The third-order valence-electron chi connectivity index (χ3n) is 4.05. The maximum Gasteiger partial charge on any atom is 0.356 e. The zero-order chi connectivity index (χ0) is 16.4. The molecular weight excluding hydrogens is 292 g/mol. The molecule has 0 saturated carbocycles. The smallest absolute Gasteiger partial charge is 0.356 e. The van der Waals surface area contributed by atoms with Crippen molar-refractivity contribution in [1.82, 2.24) is 9.97 Å². The van der Waals surface area contributed by atoms with Crippen molar-refractivity contribution in [3.8, 4) is 5.75 Å². The predicted octanol–water partition coefficient (Wildman–Crippen LogP) is 3.41. The molecular formula is C18H18N2O3. The summed E-state index contributed by atoms with van der Waals surface area (Å²) in [6, 6.07) is 6.12. The van der Waals surface area contributed by atoms with Crippen LogP contribution >= 0.6 is 0 Å². The van der Waals surface area contributed by atoms with E-state index in [9.17, 15) is 4.79 Å². The maximum absolute atomic E-state index is 10.8. The first kappa shape index (κ1) is 15.2. The minimum Gasteiger partial charge on any atom is -0.493 e. The molecule has 1 aliphatic heterocycles. The van der Waals surface area contributed by atoms with Crippen molar-refractivity contribution >= 4 is 18.1 Å². The van der Waals surface area contributed by atoms with Crippen molar-refractivity contribution in [3.63, 3.8) is 0 Å². The monoisotopic (exact) mass is 310 g/mol. The van der Waals surface area contributed by atoms with Crippen molar-refractivity contribution < 1.29 is 14.6 Å². The summed E-state index contributed by atoms with van der Waals surface area (Å²) in [5.74, 6) is -0.131.